The van der Waals surface area contributed by atoms with Crippen molar-refractivity contribution >= 4 is 41.8 Å². The summed E-state index contributed by atoms with van der Waals surface area (Å²) in [6, 6.07) is 0. The van der Waals surface area contributed by atoms with Crippen molar-refractivity contribution in [3.63, 3.8) is 0 Å². The van der Waals surface area contributed by atoms with Gasteiger partial charge in [-0.05, 0) is 138 Å². The van der Waals surface area contributed by atoms with E-state index in [-0.39, 0.29) is 41.8 Å². The van der Waals surface area contributed by atoms with Crippen molar-refractivity contribution in [3.8, 4) is 0 Å². The van der Waals surface area contributed by atoms with Crippen LogP contribution in [0.5, 0.6) is 0 Å². The Morgan fingerprint density at radius 1 is 0.229 bits per heavy atom. The summed E-state index contributed by atoms with van der Waals surface area (Å²) >= 11 is 0. The third-order valence-electron chi connectivity index (χ3n) is 13.7. The van der Waals surface area contributed by atoms with E-state index < -0.39 is 0 Å². The first-order chi connectivity index (χ1) is 50.2. The predicted molar refractivity (Wildman–Crippen MR) is 435 cm³/mol. The maximum atomic E-state index is 11.0. The van der Waals surface area contributed by atoms with E-state index in [1.807, 2.05) is 13.8 Å². The zero-order valence-electron chi connectivity index (χ0n) is 69.9. The summed E-state index contributed by atoms with van der Waals surface area (Å²) < 4.78 is 58.4. The van der Waals surface area contributed by atoms with Crippen LogP contribution in [0.15, 0.2) is 111 Å². The second-order valence-electron chi connectivity index (χ2n) is 25.1. The van der Waals surface area contributed by atoms with Gasteiger partial charge in [0.1, 0.15) is 0 Å². The molecule has 0 N–H and O–H groups in total. The first-order valence-electron chi connectivity index (χ1n) is 38.6. The van der Waals surface area contributed by atoms with Gasteiger partial charge in [0.15, 0.2) is 0 Å². The van der Waals surface area contributed by atoms with Crippen LogP contribution in [0.25, 0.3) is 0 Å². The van der Waals surface area contributed by atoms with Crippen LogP contribution in [-0.4, -0.2) is 157 Å². The van der Waals surface area contributed by atoms with Gasteiger partial charge in [0.2, 0.25) is 0 Å². The van der Waals surface area contributed by atoms with Crippen LogP contribution >= 0.6 is 0 Å². The number of unbranched alkanes of at least 4 members (excludes halogenated alkanes) is 24. The fraction of sp³-hybridized carbons (Fsp3) is 0.709. The number of carbonyl (C=O) groups is 7. The second kappa shape index (κ2) is 104. The molecule has 0 spiro atoms. The fourth-order valence-corrected chi connectivity index (χ4v) is 7.34. The summed E-state index contributed by atoms with van der Waals surface area (Å²) in [6.07, 6.45) is 42.0. The molecule has 0 amide bonds. The van der Waals surface area contributed by atoms with Gasteiger partial charge in [-0.3, -0.25) is 0 Å². The minimum absolute atomic E-state index is 0.263. The van der Waals surface area contributed by atoms with Crippen LogP contribution in [-0.2, 0) is 90.4 Å². The van der Waals surface area contributed by atoms with Gasteiger partial charge in [0, 0.05) is 109 Å². The molecule has 0 radical (unpaired) electrons. The van der Waals surface area contributed by atoms with Crippen LogP contribution in [0.3, 0.4) is 0 Å². The molecule has 0 unspecified atom stereocenters. The van der Waals surface area contributed by atoms with E-state index in [4.69, 9.17) is 52.1 Å². The zero-order chi connectivity index (χ0) is 81.6. The lowest BCUT2D eigenvalue weighted by Gasteiger charge is -2.04. The van der Waals surface area contributed by atoms with Gasteiger partial charge >= 0.3 is 41.8 Å². The molecule has 19 heteroatoms. The first kappa shape index (κ1) is 117. The average molecular weight is 1500 g/mol. The van der Waals surface area contributed by atoms with Crippen molar-refractivity contribution in [1.82, 2.24) is 0 Å². The Labute approximate surface area is 642 Å². The van der Waals surface area contributed by atoms with E-state index in [2.05, 4.69) is 91.6 Å². The lowest BCUT2D eigenvalue weighted by molar-refractivity contribution is -0.140. The molecular weight excluding hydrogens is 1340 g/mol. The molecule has 0 fully saturated rings. The Hall–Kier alpha value is -6.25. The Bertz CT molecular complexity index is 2100. The highest BCUT2D eigenvalue weighted by Gasteiger charge is 2.05. The number of rotatable bonds is 58. The van der Waals surface area contributed by atoms with E-state index in [0.717, 1.165) is 148 Å². The molecule has 0 aromatic carbocycles. The third kappa shape index (κ3) is 131. The highest BCUT2D eigenvalue weighted by atomic mass is 16.6. The van der Waals surface area contributed by atoms with E-state index in [1.165, 1.54) is 126 Å². The molecule has 0 aliphatic carbocycles. The average Bonchev–Trinajstić information content (AvgIpc) is 2.40. The van der Waals surface area contributed by atoms with Gasteiger partial charge in [0.05, 0.1) is 46.2 Å². The monoisotopic (exact) mass is 1500 g/mol. The number of carbonyl (C=O) groups excluding carboxylic acids is 7. The van der Waals surface area contributed by atoms with Crippen LogP contribution in [0.4, 0.5) is 0 Å². The highest BCUT2D eigenvalue weighted by Crippen LogP contribution is 2.10. The number of hydrogen-bond acceptors (Lipinski definition) is 19. The molecule has 0 saturated heterocycles. The van der Waals surface area contributed by atoms with Crippen molar-refractivity contribution in [2.24, 2.45) is 0 Å². The van der Waals surface area contributed by atoms with Crippen LogP contribution in [0, 0.1) is 0 Å². The number of allylic oxidation sites excluding steroid dienone is 1. The van der Waals surface area contributed by atoms with Crippen LogP contribution < -0.4 is 0 Å². The highest BCUT2D eigenvalue weighted by molar-refractivity contribution is 5.88. The number of esters is 7. The molecule has 0 aliphatic rings. The lowest BCUT2D eigenvalue weighted by Crippen LogP contribution is -2.06. The normalized spacial score (nSPS) is 9.55. The summed E-state index contributed by atoms with van der Waals surface area (Å²) in [6.45, 7) is 58.4. The van der Waals surface area contributed by atoms with Gasteiger partial charge in [-0.25, -0.2) is 33.6 Å². The Morgan fingerprint density at radius 3 is 0.638 bits per heavy atom. The van der Waals surface area contributed by atoms with E-state index in [1.54, 1.807) is 63.2 Å². The first-order valence-corrected chi connectivity index (χ1v) is 38.6. The summed E-state index contributed by atoms with van der Waals surface area (Å²) in [7, 11) is 8.54. The fourth-order valence-electron chi connectivity index (χ4n) is 7.34. The Morgan fingerprint density at radius 2 is 0.410 bits per heavy atom. The maximum absolute atomic E-state index is 11.0. The van der Waals surface area contributed by atoms with Gasteiger partial charge in [-0.1, -0.05) is 207 Å². The number of hydrogen-bond donors (Lipinski definition) is 0. The van der Waals surface area contributed by atoms with Gasteiger partial charge < -0.3 is 56.8 Å². The molecular formula is C86H158O19. The van der Waals surface area contributed by atoms with Gasteiger partial charge in [0.25, 0.3) is 0 Å². The molecule has 0 rings (SSSR count). The largest absolute Gasteiger partial charge is 0.463 e. The smallest absolute Gasteiger partial charge is 0.333 e. The minimum Gasteiger partial charge on any atom is -0.463 e. The Balaban J connectivity index is -0.000000142. The maximum Gasteiger partial charge on any atom is 0.333 e. The summed E-state index contributed by atoms with van der Waals surface area (Å²) in [4.78, 5) is 75.1. The van der Waals surface area contributed by atoms with Gasteiger partial charge in [-0.2, -0.15) is 0 Å². The number of ether oxygens (including phenoxy) is 12. The molecule has 0 aromatic rings. The molecule has 0 bridgehead atoms. The van der Waals surface area contributed by atoms with E-state index in [0.29, 0.717) is 75.1 Å². The van der Waals surface area contributed by atoms with Crippen molar-refractivity contribution in [1.29, 1.82) is 0 Å². The standard InChI is InChI=1S/C13H24O3.C13H24O2.C11H20O3.C10H20O.C9H16O3.C9H16O2.C8H14O2.C7H12O2.C6H12O/c1-12(2)13(14)16-11-9-7-5-4-6-8-10-15-3;1-4-5-6-7-8-9-10-11-15-13(14)12(2)3;1-10(2)11(12)14-9-7-5-4-6-8-13-3;1-10(2)8-6-4-5-7-9-11-3;1-8(2)9(10)12-7-5-4-6-11-3;1-3-5-6-7-8-11-9(10)4-2;1-3-5-6-7-10-8(9)4-2;1-3-5-6-9-7(8)4-2;1-6(2)4-5-7-3/h1,4-11H2,2-3H3;2,4-11H2,1,3H3;1,4-9H2,2-3H3;1,4-9H2,2-3H3;1,4-7H2,2-3H3;4H,2-3,5-8H2,1H3;4H,2-3,5-7H2,1H3;4H,2-3,5-6H2,1H3;1,4-5H2,2-3H3. The topological polar surface area (TPSA) is 230 Å². The molecule has 105 heavy (non-hydrogen) atoms. The molecule has 0 saturated carbocycles. The second-order valence-corrected chi connectivity index (χ2v) is 25.1. The summed E-state index contributed by atoms with van der Waals surface area (Å²) in [5, 5.41) is 0. The van der Waals surface area contributed by atoms with Crippen molar-refractivity contribution in [2.75, 3.05) is 115 Å². The molecule has 616 valence electrons. The minimum atomic E-state index is -0.330. The quantitative estimate of drug-likeness (QED) is 0.0181. The van der Waals surface area contributed by atoms with Crippen molar-refractivity contribution in [3.05, 3.63) is 111 Å². The molecule has 19 nitrogen and oxygen atoms in total. The molecule has 0 aliphatic heterocycles. The van der Waals surface area contributed by atoms with Crippen LogP contribution in [0.2, 0.25) is 0 Å². The lowest BCUT2D eigenvalue weighted by atomic mass is 10.1. The van der Waals surface area contributed by atoms with E-state index >= 15 is 0 Å². The SMILES string of the molecule is C=C(C)C(=O)OCCCCCCCCC.C=C(C)C(=O)OCCCCCCCCOC.C=C(C)C(=O)OCCCCCCOC.C=C(C)C(=O)OCCCCOC.C=C(C)CCCCCCOC.C=C(C)CCOC.C=CC(=O)OCCCC.C=CC(=O)OCCCCC.C=CC(=O)OCCCCCC. The van der Waals surface area contributed by atoms with Gasteiger partial charge in [-0.15, -0.1) is 13.2 Å². The predicted octanol–water partition coefficient (Wildman–Crippen LogP) is 21.3. The summed E-state index contributed by atoms with van der Waals surface area (Å²) in [5.74, 6) is -2.11. The summed E-state index contributed by atoms with van der Waals surface area (Å²) in [5.41, 5.74) is 4.35. The third-order valence-corrected chi connectivity index (χ3v) is 13.7. The van der Waals surface area contributed by atoms with Crippen LogP contribution in [0.1, 0.15) is 288 Å². The number of methoxy groups -OCH3 is 5. The van der Waals surface area contributed by atoms with E-state index in [9.17, 15) is 33.6 Å². The molecule has 0 heterocycles. The molecule has 0 atom stereocenters. The molecule has 0 aromatic heterocycles. The van der Waals surface area contributed by atoms with Crippen molar-refractivity contribution < 1.29 is 90.4 Å². The van der Waals surface area contributed by atoms with Crippen molar-refractivity contribution in [2.45, 2.75) is 288 Å². The zero-order valence-corrected chi connectivity index (χ0v) is 69.9. The Kier molecular flexibility index (Phi) is 116.